The molecule has 0 aliphatic heterocycles. The van der Waals surface area contributed by atoms with Crippen LogP contribution in [0.1, 0.15) is 37.4 Å². The van der Waals surface area contributed by atoms with Crippen LogP contribution < -0.4 is 10.1 Å². The van der Waals surface area contributed by atoms with E-state index in [1.165, 1.54) is 11.3 Å². The van der Waals surface area contributed by atoms with Gasteiger partial charge in [-0.25, -0.2) is 4.98 Å². The Bertz CT molecular complexity index is 628. The third kappa shape index (κ3) is 6.20. The maximum absolute atomic E-state index is 11.9. The first-order chi connectivity index (χ1) is 11.1. The fraction of sp³-hybridized carbons (Fsp3) is 0.412. The molecule has 124 valence electrons. The molecule has 1 aromatic heterocycles. The smallest absolute Gasteiger partial charge is 0.226 e. The van der Waals surface area contributed by atoms with E-state index in [-0.39, 0.29) is 11.9 Å². The highest BCUT2D eigenvalue weighted by Crippen LogP contribution is 2.18. The summed E-state index contributed by atoms with van der Waals surface area (Å²) in [5.74, 6) is 0.763. The molecule has 0 spiro atoms. The van der Waals surface area contributed by atoms with Crippen molar-refractivity contribution in [3.63, 3.8) is 0 Å². The molecule has 0 saturated carbocycles. The van der Waals surface area contributed by atoms with Crippen molar-refractivity contribution >= 4 is 28.8 Å². The van der Waals surface area contributed by atoms with Crippen LogP contribution in [-0.2, 0) is 17.8 Å². The lowest BCUT2D eigenvalue weighted by Crippen LogP contribution is -2.33. The molecule has 0 saturated heterocycles. The number of rotatable bonds is 8. The van der Waals surface area contributed by atoms with Crippen molar-refractivity contribution in [2.45, 2.75) is 45.8 Å². The SMILES string of the molecule is CCCC(C)NC(=O)Cc1csc(COc2ccc(Cl)cc2)n1. The molecule has 0 bridgehead atoms. The summed E-state index contributed by atoms with van der Waals surface area (Å²) in [4.78, 5) is 16.4. The number of halogens is 1. The third-order valence-corrected chi connectivity index (χ3v) is 4.37. The minimum Gasteiger partial charge on any atom is -0.486 e. The maximum Gasteiger partial charge on any atom is 0.226 e. The summed E-state index contributed by atoms with van der Waals surface area (Å²) < 4.78 is 5.65. The van der Waals surface area contributed by atoms with Gasteiger partial charge in [-0.3, -0.25) is 4.79 Å². The van der Waals surface area contributed by atoms with Gasteiger partial charge in [-0.05, 0) is 37.6 Å². The van der Waals surface area contributed by atoms with Crippen LogP contribution in [0.5, 0.6) is 5.75 Å². The number of hydrogen-bond acceptors (Lipinski definition) is 4. The summed E-state index contributed by atoms with van der Waals surface area (Å²) in [5, 5.41) is 6.42. The lowest BCUT2D eigenvalue weighted by atomic mass is 10.2. The molecule has 4 nitrogen and oxygen atoms in total. The Hall–Kier alpha value is -1.59. The van der Waals surface area contributed by atoms with Crippen LogP contribution in [0.4, 0.5) is 0 Å². The molecule has 1 N–H and O–H groups in total. The normalized spacial score (nSPS) is 12.0. The summed E-state index contributed by atoms with van der Waals surface area (Å²) >= 11 is 7.33. The van der Waals surface area contributed by atoms with Crippen LogP contribution in [-0.4, -0.2) is 16.9 Å². The zero-order chi connectivity index (χ0) is 16.7. The average molecular weight is 353 g/mol. The fourth-order valence-corrected chi connectivity index (χ4v) is 3.00. The summed E-state index contributed by atoms with van der Waals surface area (Å²) in [6, 6.07) is 7.41. The van der Waals surface area contributed by atoms with E-state index in [1.54, 1.807) is 12.1 Å². The van der Waals surface area contributed by atoms with E-state index in [2.05, 4.69) is 17.2 Å². The van der Waals surface area contributed by atoms with Crippen LogP contribution >= 0.6 is 22.9 Å². The molecule has 1 aromatic carbocycles. The molecule has 0 aliphatic rings. The molecular weight excluding hydrogens is 332 g/mol. The number of carbonyl (C=O) groups is 1. The number of aromatic nitrogens is 1. The van der Waals surface area contributed by atoms with E-state index < -0.39 is 0 Å². The van der Waals surface area contributed by atoms with Crippen molar-refractivity contribution in [1.82, 2.24) is 10.3 Å². The van der Waals surface area contributed by atoms with Crippen molar-refractivity contribution < 1.29 is 9.53 Å². The number of carbonyl (C=O) groups excluding carboxylic acids is 1. The van der Waals surface area contributed by atoms with Crippen LogP contribution in [0, 0.1) is 0 Å². The Balaban J connectivity index is 1.81. The van der Waals surface area contributed by atoms with Gasteiger partial charge in [-0.15, -0.1) is 11.3 Å². The van der Waals surface area contributed by atoms with Gasteiger partial charge < -0.3 is 10.1 Å². The van der Waals surface area contributed by atoms with E-state index >= 15 is 0 Å². The second-order valence-electron chi connectivity index (χ2n) is 5.41. The Morgan fingerprint density at radius 1 is 1.39 bits per heavy atom. The highest BCUT2D eigenvalue weighted by molar-refractivity contribution is 7.09. The first kappa shape index (κ1) is 17.8. The van der Waals surface area contributed by atoms with Crippen molar-refractivity contribution in [3.8, 4) is 5.75 Å². The number of thiazole rings is 1. The van der Waals surface area contributed by atoms with Gasteiger partial charge in [-0.1, -0.05) is 24.9 Å². The molecule has 1 atom stereocenters. The Labute approximate surface area is 145 Å². The van der Waals surface area contributed by atoms with Gasteiger partial charge in [0, 0.05) is 16.4 Å². The van der Waals surface area contributed by atoms with E-state index in [1.807, 2.05) is 24.4 Å². The molecule has 0 radical (unpaired) electrons. The predicted octanol–water partition coefficient (Wildman–Crippen LogP) is 4.22. The molecule has 23 heavy (non-hydrogen) atoms. The van der Waals surface area contributed by atoms with Crippen molar-refractivity contribution in [2.75, 3.05) is 0 Å². The van der Waals surface area contributed by atoms with E-state index in [9.17, 15) is 4.79 Å². The Morgan fingerprint density at radius 3 is 2.83 bits per heavy atom. The lowest BCUT2D eigenvalue weighted by Gasteiger charge is -2.11. The molecule has 2 aromatic rings. The van der Waals surface area contributed by atoms with E-state index in [4.69, 9.17) is 16.3 Å². The number of nitrogens with zero attached hydrogens (tertiary/aromatic N) is 1. The Morgan fingerprint density at radius 2 is 2.13 bits per heavy atom. The lowest BCUT2D eigenvalue weighted by molar-refractivity contribution is -0.121. The third-order valence-electron chi connectivity index (χ3n) is 3.25. The molecular formula is C17H21ClN2O2S. The second-order valence-corrected chi connectivity index (χ2v) is 6.79. The summed E-state index contributed by atoms with van der Waals surface area (Å²) in [7, 11) is 0. The van der Waals surface area contributed by atoms with Crippen molar-refractivity contribution in [2.24, 2.45) is 0 Å². The largest absolute Gasteiger partial charge is 0.486 e. The first-order valence-electron chi connectivity index (χ1n) is 7.68. The average Bonchev–Trinajstić information content (AvgIpc) is 2.94. The zero-order valence-electron chi connectivity index (χ0n) is 13.3. The molecule has 6 heteroatoms. The van der Waals surface area contributed by atoms with Gasteiger partial charge in [-0.2, -0.15) is 0 Å². The highest BCUT2D eigenvalue weighted by atomic mass is 35.5. The van der Waals surface area contributed by atoms with Gasteiger partial charge in [0.1, 0.15) is 17.4 Å². The van der Waals surface area contributed by atoms with Crippen LogP contribution in [0.25, 0.3) is 0 Å². The van der Waals surface area contributed by atoms with Gasteiger partial charge >= 0.3 is 0 Å². The molecule has 0 fully saturated rings. The van der Waals surface area contributed by atoms with Gasteiger partial charge in [0.05, 0.1) is 12.1 Å². The van der Waals surface area contributed by atoms with Gasteiger partial charge in [0.2, 0.25) is 5.91 Å². The minimum absolute atomic E-state index is 0.0152. The van der Waals surface area contributed by atoms with Crippen LogP contribution in [0.3, 0.4) is 0 Å². The number of hydrogen-bond donors (Lipinski definition) is 1. The van der Waals surface area contributed by atoms with Crippen molar-refractivity contribution in [3.05, 3.63) is 45.4 Å². The Kier molecular flexibility index (Phi) is 6.86. The van der Waals surface area contributed by atoms with E-state index in [0.717, 1.165) is 29.3 Å². The number of benzene rings is 1. The molecule has 2 rings (SSSR count). The summed E-state index contributed by atoms with van der Waals surface area (Å²) in [5.41, 5.74) is 0.783. The van der Waals surface area contributed by atoms with Crippen LogP contribution in [0.15, 0.2) is 29.6 Å². The van der Waals surface area contributed by atoms with Crippen LogP contribution in [0.2, 0.25) is 5.02 Å². The van der Waals surface area contributed by atoms with Crippen molar-refractivity contribution in [1.29, 1.82) is 0 Å². The summed E-state index contributed by atoms with van der Waals surface area (Å²) in [6.45, 7) is 4.52. The summed E-state index contributed by atoms with van der Waals surface area (Å²) in [6.07, 6.45) is 2.36. The maximum atomic E-state index is 11.9. The number of ether oxygens (including phenoxy) is 1. The highest BCUT2D eigenvalue weighted by Gasteiger charge is 2.10. The molecule has 0 aliphatic carbocycles. The molecule has 1 unspecified atom stereocenters. The fourth-order valence-electron chi connectivity index (χ4n) is 2.17. The zero-order valence-corrected chi connectivity index (χ0v) is 14.9. The second kappa shape index (κ2) is 8.89. The predicted molar refractivity (Wildman–Crippen MR) is 94.1 cm³/mol. The number of nitrogens with one attached hydrogen (secondary N) is 1. The van der Waals surface area contributed by atoms with Gasteiger partial charge in [0.15, 0.2) is 0 Å². The minimum atomic E-state index is 0.0152. The number of amides is 1. The quantitative estimate of drug-likeness (QED) is 0.773. The topological polar surface area (TPSA) is 51.2 Å². The standard InChI is InChI=1S/C17H21ClN2O2S/c1-3-4-12(2)19-16(21)9-14-11-23-17(20-14)10-22-15-7-5-13(18)6-8-15/h5-8,11-12H,3-4,9-10H2,1-2H3,(H,19,21). The van der Waals surface area contributed by atoms with E-state index in [0.29, 0.717) is 18.1 Å². The van der Waals surface area contributed by atoms with Gasteiger partial charge in [0.25, 0.3) is 0 Å². The molecule has 1 heterocycles. The first-order valence-corrected chi connectivity index (χ1v) is 8.93. The monoisotopic (exact) mass is 352 g/mol. The molecule has 1 amide bonds.